The monoisotopic (exact) mass is 296 g/mol. The van der Waals surface area contributed by atoms with Crippen LogP contribution in [0.3, 0.4) is 0 Å². The molecule has 0 aromatic carbocycles. The smallest absolute Gasteiger partial charge is 0.407 e. The fourth-order valence-corrected chi connectivity index (χ4v) is 2.68. The second-order valence-electron chi connectivity index (χ2n) is 6.36. The van der Waals surface area contributed by atoms with Crippen LogP contribution in [0.25, 0.3) is 0 Å². The van der Waals surface area contributed by atoms with Gasteiger partial charge in [0.05, 0.1) is 18.1 Å². The summed E-state index contributed by atoms with van der Waals surface area (Å²) in [5.41, 5.74) is -0.422. The molecule has 0 radical (unpaired) electrons. The van der Waals surface area contributed by atoms with E-state index in [1.165, 1.54) is 6.92 Å². The van der Waals surface area contributed by atoms with Gasteiger partial charge in [0.15, 0.2) is 0 Å². The van der Waals surface area contributed by atoms with E-state index in [0.29, 0.717) is 0 Å². The number of carbonyl (C=O) groups excluding carboxylic acids is 2. The summed E-state index contributed by atoms with van der Waals surface area (Å²) >= 11 is 0. The molecule has 0 spiro atoms. The van der Waals surface area contributed by atoms with Gasteiger partial charge in [-0.15, -0.1) is 0 Å². The summed E-state index contributed by atoms with van der Waals surface area (Å²) in [6.07, 6.45) is 1.16. The molecule has 2 aliphatic rings. The fraction of sp³-hybridized carbons (Fsp3) is 0.643. The molecule has 1 heterocycles. The Morgan fingerprint density at radius 3 is 2.48 bits per heavy atom. The van der Waals surface area contributed by atoms with Crippen LogP contribution >= 0.6 is 0 Å². The number of fused-ring (bicyclic) bond motifs is 1. The van der Waals surface area contributed by atoms with Crippen LogP contribution in [-0.2, 0) is 14.3 Å². The number of hydrogen-bond acceptors (Lipinski definition) is 4. The molecule has 7 heteroatoms. The lowest BCUT2D eigenvalue weighted by molar-refractivity contribution is -0.133. The highest BCUT2D eigenvalue weighted by atomic mass is 16.6. The number of carboxylic acid groups (broad SMARTS) is 1. The maximum Gasteiger partial charge on any atom is 0.407 e. The second kappa shape index (κ2) is 5.05. The third-order valence-corrected chi connectivity index (χ3v) is 3.47. The maximum atomic E-state index is 11.8. The number of ether oxygens (including phenoxy) is 1. The number of carbonyl (C=O) groups is 3. The van der Waals surface area contributed by atoms with E-state index in [-0.39, 0.29) is 30.0 Å². The molecule has 0 bridgehead atoms. The van der Waals surface area contributed by atoms with E-state index in [9.17, 15) is 14.4 Å². The minimum atomic E-state index is -1.03. The number of aliphatic carboxylic acids is 1. The van der Waals surface area contributed by atoms with Crippen molar-refractivity contribution in [2.45, 2.75) is 57.8 Å². The summed E-state index contributed by atoms with van der Waals surface area (Å²) in [4.78, 5) is 36.1. The van der Waals surface area contributed by atoms with Crippen LogP contribution in [0.4, 0.5) is 4.79 Å². The summed E-state index contributed by atoms with van der Waals surface area (Å²) in [6.45, 7) is 6.67. The highest BCUT2D eigenvalue weighted by Gasteiger charge is 2.56. The third-order valence-electron chi connectivity index (χ3n) is 3.47. The van der Waals surface area contributed by atoms with Crippen molar-refractivity contribution in [3.8, 4) is 0 Å². The Labute approximate surface area is 122 Å². The average Bonchev–Trinajstić information content (AvgIpc) is 3.00. The quantitative estimate of drug-likeness (QED) is 0.738. The van der Waals surface area contributed by atoms with Crippen molar-refractivity contribution < 1.29 is 24.2 Å². The molecular weight excluding hydrogens is 276 g/mol. The van der Waals surface area contributed by atoms with Crippen molar-refractivity contribution in [1.82, 2.24) is 10.2 Å². The van der Waals surface area contributed by atoms with Gasteiger partial charge in [-0.3, -0.25) is 4.79 Å². The van der Waals surface area contributed by atoms with Gasteiger partial charge in [0.2, 0.25) is 5.91 Å². The first kappa shape index (κ1) is 15.3. The summed E-state index contributed by atoms with van der Waals surface area (Å²) < 4.78 is 5.18. The first-order valence-corrected chi connectivity index (χ1v) is 6.82. The van der Waals surface area contributed by atoms with Gasteiger partial charge < -0.3 is 20.1 Å². The molecule has 1 aliphatic carbocycles. The zero-order valence-corrected chi connectivity index (χ0v) is 12.5. The zero-order valence-electron chi connectivity index (χ0n) is 12.5. The molecular formula is C14H20N2O5. The van der Waals surface area contributed by atoms with E-state index in [2.05, 4.69) is 5.32 Å². The van der Waals surface area contributed by atoms with Crippen LogP contribution in [0.1, 0.15) is 34.1 Å². The number of nitrogens with one attached hydrogen (secondary N) is 1. The lowest BCUT2D eigenvalue weighted by Crippen LogP contribution is -2.44. The number of carboxylic acids is 1. The lowest BCUT2D eigenvalue weighted by Gasteiger charge is -2.24. The molecule has 2 rings (SSSR count). The van der Waals surface area contributed by atoms with Crippen LogP contribution in [-0.4, -0.2) is 51.7 Å². The molecule has 3 unspecified atom stereocenters. The number of alkyl carbamates (subject to hydrolysis) is 1. The van der Waals surface area contributed by atoms with E-state index < -0.39 is 23.7 Å². The first-order chi connectivity index (χ1) is 9.60. The molecule has 2 amide bonds. The van der Waals surface area contributed by atoms with Gasteiger partial charge in [0.1, 0.15) is 5.60 Å². The molecule has 0 aromatic heterocycles. The molecule has 3 atom stereocenters. The van der Waals surface area contributed by atoms with E-state index >= 15 is 0 Å². The number of rotatable bonds is 2. The molecule has 116 valence electrons. The predicted octanol–water partition coefficient (Wildman–Crippen LogP) is 0.894. The van der Waals surface area contributed by atoms with Crippen LogP contribution in [0.5, 0.6) is 0 Å². The molecule has 1 fully saturated rings. The molecule has 21 heavy (non-hydrogen) atoms. The Hall–Kier alpha value is -2.05. The van der Waals surface area contributed by atoms with Crippen molar-refractivity contribution >= 4 is 18.0 Å². The average molecular weight is 296 g/mol. The van der Waals surface area contributed by atoms with Crippen molar-refractivity contribution in [2.24, 2.45) is 0 Å². The van der Waals surface area contributed by atoms with Gasteiger partial charge in [-0.25, -0.2) is 9.59 Å². The highest BCUT2D eigenvalue weighted by Crippen LogP contribution is 2.39. The van der Waals surface area contributed by atoms with Crippen LogP contribution in [0.2, 0.25) is 0 Å². The molecule has 2 N–H and O–H groups in total. The molecule has 7 nitrogen and oxygen atoms in total. The maximum absolute atomic E-state index is 11.8. The Balaban J connectivity index is 2.09. The summed E-state index contributed by atoms with van der Waals surface area (Å²) in [7, 11) is 0. The zero-order chi connectivity index (χ0) is 15.9. The summed E-state index contributed by atoms with van der Waals surface area (Å²) in [6, 6.07) is -0.870. The minimum absolute atomic E-state index is 0.135. The Morgan fingerprint density at radius 1 is 1.38 bits per heavy atom. The van der Waals surface area contributed by atoms with Crippen molar-refractivity contribution in [2.75, 3.05) is 0 Å². The lowest BCUT2D eigenvalue weighted by atomic mass is 9.95. The van der Waals surface area contributed by atoms with Crippen molar-refractivity contribution in [3.63, 3.8) is 0 Å². The summed E-state index contributed by atoms with van der Waals surface area (Å²) in [5, 5.41) is 11.8. The van der Waals surface area contributed by atoms with Crippen molar-refractivity contribution in [1.29, 1.82) is 0 Å². The van der Waals surface area contributed by atoms with Gasteiger partial charge in [0, 0.05) is 18.9 Å². The van der Waals surface area contributed by atoms with Gasteiger partial charge in [0.25, 0.3) is 0 Å². The van der Waals surface area contributed by atoms with Crippen LogP contribution < -0.4 is 5.32 Å². The number of hydrogen-bond donors (Lipinski definition) is 2. The Bertz CT molecular complexity index is 520. The highest BCUT2D eigenvalue weighted by molar-refractivity contribution is 5.89. The van der Waals surface area contributed by atoms with Gasteiger partial charge in [-0.05, 0) is 26.8 Å². The molecule has 1 aliphatic heterocycles. The van der Waals surface area contributed by atoms with Crippen LogP contribution in [0.15, 0.2) is 11.6 Å². The normalized spacial score (nSPS) is 27.3. The number of amides is 2. The van der Waals surface area contributed by atoms with Crippen molar-refractivity contribution in [3.05, 3.63) is 11.6 Å². The molecule has 0 aromatic rings. The largest absolute Gasteiger partial charge is 0.478 e. The van der Waals surface area contributed by atoms with E-state index in [4.69, 9.17) is 9.84 Å². The fourth-order valence-electron chi connectivity index (χ4n) is 2.68. The van der Waals surface area contributed by atoms with E-state index in [1.54, 1.807) is 31.7 Å². The predicted molar refractivity (Wildman–Crippen MR) is 73.6 cm³/mol. The van der Waals surface area contributed by atoms with E-state index in [1.807, 2.05) is 0 Å². The summed E-state index contributed by atoms with van der Waals surface area (Å²) in [5.74, 6) is -1.16. The SMILES string of the molecule is CC(=O)N1C2C=C(C(=O)O)CC(NC(=O)OC(C)(C)C)C21. The van der Waals surface area contributed by atoms with Gasteiger partial charge in [-0.2, -0.15) is 0 Å². The minimum Gasteiger partial charge on any atom is -0.478 e. The Morgan fingerprint density at radius 2 is 2.00 bits per heavy atom. The van der Waals surface area contributed by atoms with E-state index in [0.717, 1.165) is 0 Å². The molecule has 0 saturated carbocycles. The first-order valence-electron chi connectivity index (χ1n) is 6.82. The Kier molecular flexibility index (Phi) is 3.69. The van der Waals surface area contributed by atoms with Gasteiger partial charge in [-0.1, -0.05) is 0 Å². The standard InChI is InChI=1S/C14H20N2O5/c1-7(17)16-10-6-8(12(18)19)5-9(11(10)16)15-13(20)21-14(2,3)4/h6,9-11H,5H2,1-4H3,(H,15,20)(H,18,19). The number of nitrogens with zero attached hydrogens (tertiary/aromatic N) is 1. The topological polar surface area (TPSA) is 95.7 Å². The third kappa shape index (κ3) is 3.34. The second-order valence-corrected chi connectivity index (χ2v) is 6.36. The van der Waals surface area contributed by atoms with Crippen LogP contribution in [0, 0.1) is 0 Å². The molecule has 1 saturated heterocycles. The van der Waals surface area contributed by atoms with Gasteiger partial charge >= 0.3 is 12.1 Å².